The molecule has 0 aromatic heterocycles. The van der Waals surface area contributed by atoms with E-state index >= 15 is 0 Å². The lowest BCUT2D eigenvalue weighted by atomic mass is 9.60. The van der Waals surface area contributed by atoms with Crippen LogP contribution >= 0.6 is 0 Å². The highest BCUT2D eigenvalue weighted by atomic mass is 16.4. The molecule has 0 heterocycles. The summed E-state index contributed by atoms with van der Waals surface area (Å²) >= 11 is 0. The second-order valence-corrected chi connectivity index (χ2v) is 11.4. The van der Waals surface area contributed by atoms with Gasteiger partial charge in [0.2, 0.25) is 0 Å². The van der Waals surface area contributed by atoms with Crippen molar-refractivity contribution in [2.45, 2.75) is 109 Å². The van der Waals surface area contributed by atoms with Gasteiger partial charge in [-0.2, -0.15) is 0 Å². The molecule has 0 amide bonds. The van der Waals surface area contributed by atoms with Crippen LogP contribution in [0.1, 0.15) is 85.5 Å². The average Bonchev–Trinajstić information content (AvgIpc) is 3.04. The standard InChI is InChI=1S/C27H44O4/c1-17(8-6-14-26(3,4)31)21-12-13-22-19(9-7-15-27(21,22)5)10-11-20-16-23(28)25(30)24(29)18(20)2/h10-11,17,21-25,28-31H,2,6-9,12-16H2,1,3-5H3/b19-10?,20-11-/t17-,21-,22?,23-,24-,25-,27-/m1/s1. The van der Waals surface area contributed by atoms with Crippen LogP contribution in [0.25, 0.3) is 0 Å². The minimum absolute atomic E-state index is 0.329. The predicted molar refractivity (Wildman–Crippen MR) is 125 cm³/mol. The second-order valence-electron chi connectivity index (χ2n) is 11.4. The molecule has 3 saturated carbocycles. The van der Waals surface area contributed by atoms with E-state index in [4.69, 9.17) is 0 Å². The third-order valence-electron chi connectivity index (χ3n) is 8.59. The first-order valence-electron chi connectivity index (χ1n) is 12.3. The van der Waals surface area contributed by atoms with Crippen molar-refractivity contribution in [2.75, 3.05) is 0 Å². The Morgan fingerprint density at radius 3 is 2.58 bits per heavy atom. The van der Waals surface area contributed by atoms with Crippen molar-refractivity contribution in [3.05, 3.63) is 35.5 Å². The summed E-state index contributed by atoms with van der Waals surface area (Å²) in [5.41, 5.74) is 2.62. The van der Waals surface area contributed by atoms with Gasteiger partial charge < -0.3 is 20.4 Å². The lowest BCUT2D eigenvalue weighted by molar-refractivity contribution is -0.0530. The molecule has 3 fully saturated rings. The van der Waals surface area contributed by atoms with Crippen molar-refractivity contribution < 1.29 is 20.4 Å². The maximum atomic E-state index is 10.1. The molecule has 3 aliphatic rings. The van der Waals surface area contributed by atoms with Crippen LogP contribution in [0.4, 0.5) is 0 Å². The van der Waals surface area contributed by atoms with Crippen LogP contribution in [0, 0.1) is 23.2 Å². The molecule has 31 heavy (non-hydrogen) atoms. The van der Waals surface area contributed by atoms with Gasteiger partial charge in [-0.1, -0.05) is 51.0 Å². The van der Waals surface area contributed by atoms with Gasteiger partial charge in [0.25, 0.3) is 0 Å². The largest absolute Gasteiger partial charge is 0.390 e. The van der Waals surface area contributed by atoms with Crippen LogP contribution < -0.4 is 0 Å². The van der Waals surface area contributed by atoms with Crippen LogP contribution in [0.5, 0.6) is 0 Å². The van der Waals surface area contributed by atoms with Gasteiger partial charge in [-0.05, 0) is 86.7 Å². The quantitative estimate of drug-likeness (QED) is 0.491. The number of allylic oxidation sites excluding steroid dienone is 3. The maximum absolute atomic E-state index is 10.1. The predicted octanol–water partition coefficient (Wildman–Crippen LogP) is 4.68. The zero-order chi connectivity index (χ0) is 23.0. The molecule has 0 aromatic carbocycles. The summed E-state index contributed by atoms with van der Waals surface area (Å²) in [5.74, 6) is 1.98. The SMILES string of the molecule is C=C1/C(=C\C=C2CCC[C@@]3(C)C2CC[C@@H]3[C@H](C)CCCC(C)(C)O)C[C@@H](O)[C@@H](O)[C@@H]1O. The van der Waals surface area contributed by atoms with E-state index in [-0.39, 0.29) is 0 Å². The number of aliphatic hydroxyl groups excluding tert-OH is 3. The molecule has 0 aromatic rings. The second kappa shape index (κ2) is 9.51. The van der Waals surface area contributed by atoms with Crippen LogP contribution in [0.2, 0.25) is 0 Å². The zero-order valence-corrected chi connectivity index (χ0v) is 20.0. The normalized spacial score (nSPS) is 40.4. The summed E-state index contributed by atoms with van der Waals surface area (Å²) in [6.45, 7) is 12.6. The van der Waals surface area contributed by atoms with Crippen molar-refractivity contribution >= 4 is 0 Å². The molecule has 0 radical (unpaired) electrons. The lowest BCUT2D eigenvalue weighted by Gasteiger charge is -2.44. The molecule has 4 nitrogen and oxygen atoms in total. The third-order valence-corrected chi connectivity index (χ3v) is 8.59. The lowest BCUT2D eigenvalue weighted by Crippen LogP contribution is -2.43. The summed E-state index contributed by atoms with van der Waals surface area (Å²) in [4.78, 5) is 0. The van der Waals surface area contributed by atoms with Crippen LogP contribution in [-0.2, 0) is 0 Å². The molecular weight excluding hydrogens is 388 g/mol. The van der Waals surface area contributed by atoms with E-state index < -0.39 is 23.9 Å². The highest BCUT2D eigenvalue weighted by Gasteiger charge is 2.50. The molecule has 0 saturated heterocycles. The fourth-order valence-electron chi connectivity index (χ4n) is 6.74. The Morgan fingerprint density at radius 1 is 1.19 bits per heavy atom. The fraction of sp³-hybridized carbons (Fsp3) is 0.778. The van der Waals surface area contributed by atoms with E-state index in [2.05, 4.69) is 26.5 Å². The van der Waals surface area contributed by atoms with Gasteiger partial charge in [-0.25, -0.2) is 0 Å². The zero-order valence-electron chi connectivity index (χ0n) is 20.0. The Balaban J connectivity index is 1.71. The number of rotatable bonds is 6. The molecule has 3 rings (SSSR count). The Bertz CT molecular complexity index is 715. The molecule has 0 spiro atoms. The molecule has 0 aliphatic heterocycles. The topological polar surface area (TPSA) is 80.9 Å². The van der Waals surface area contributed by atoms with E-state index in [9.17, 15) is 20.4 Å². The summed E-state index contributed by atoms with van der Waals surface area (Å²) in [6, 6.07) is 0. The van der Waals surface area contributed by atoms with E-state index in [0.717, 1.165) is 30.8 Å². The van der Waals surface area contributed by atoms with Crippen LogP contribution in [0.15, 0.2) is 35.5 Å². The van der Waals surface area contributed by atoms with Crippen LogP contribution in [-0.4, -0.2) is 44.3 Å². The molecule has 7 atom stereocenters. The number of fused-ring (bicyclic) bond motifs is 1. The summed E-state index contributed by atoms with van der Waals surface area (Å²) in [7, 11) is 0. The van der Waals surface area contributed by atoms with Gasteiger partial charge in [0.05, 0.1) is 11.7 Å². The summed E-state index contributed by atoms with van der Waals surface area (Å²) < 4.78 is 0. The first-order valence-corrected chi connectivity index (χ1v) is 12.3. The smallest absolute Gasteiger partial charge is 0.110 e. The van der Waals surface area contributed by atoms with Gasteiger partial charge in [-0.3, -0.25) is 0 Å². The van der Waals surface area contributed by atoms with Crippen LogP contribution in [0.3, 0.4) is 0 Å². The van der Waals surface area contributed by atoms with Crippen molar-refractivity contribution in [3.8, 4) is 0 Å². The Morgan fingerprint density at radius 2 is 1.90 bits per heavy atom. The molecule has 176 valence electrons. The molecule has 0 bridgehead atoms. The van der Waals surface area contributed by atoms with Crippen molar-refractivity contribution in [1.29, 1.82) is 0 Å². The van der Waals surface area contributed by atoms with Crippen molar-refractivity contribution in [1.82, 2.24) is 0 Å². The average molecular weight is 433 g/mol. The van der Waals surface area contributed by atoms with Crippen molar-refractivity contribution in [3.63, 3.8) is 0 Å². The Kier molecular flexibility index (Phi) is 7.57. The Hall–Kier alpha value is -0.940. The number of hydrogen-bond donors (Lipinski definition) is 4. The van der Waals surface area contributed by atoms with Crippen molar-refractivity contribution in [2.24, 2.45) is 23.2 Å². The first-order chi connectivity index (χ1) is 14.4. The number of aliphatic hydroxyl groups is 4. The summed E-state index contributed by atoms with van der Waals surface area (Å²) in [6.07, 6.45) is 10.6. The fourth-order valence-corrected chi connectivity index (χ4v) is 6.74. The Labute approximate surface area is 188 Å². The third kappa shape index (κ3) is 5.35. The molecule has 3 aliphatic carbocycles. The molecule has 4 heteroatoms. The van der Waals surface area contributed by atoms with E-state index in [1.54, 1.807) is 0 Å². The first kappa shape index (κ1) is 24.7. The molecular formula is C27H44O4. The minimum atomic E-state index is -1.15. The van der Waals surface area contributed by atoms with E-state index in [1.165, 1.54) is 37.7 Å². The summed E-state index contributed by atoms with van der Waals surface area (Å²) in [5, 5.41) is 40.1. The van der Waals surface area contributed by atoms with Gasteiger partial charge >= 0.3 is 0 Å². The van der Waals surface area contributed by atoms with E-state index in [0.29, 0.717) is 29.2 Å². The van der Waals surface area contributed by atoms with Gasteiger partial charge in [-0.15, -0.1) is 0 Å². The molecule has 1 unspecified atom stereocenters. The number of hydrogen-bond acceptors (Lipinski definition) is 4. The minimum Gasteiger partial charge on any atom is -0.390 e. The van der Waals surface area contributed by atoms with Gasteiger partial charge in [0, 0.05) is 6.42 Å². The highest BCUT2D eigenvalue weighted by Crippen LogP contribution is 2.60. The van der Waals surface area contributed by atoms with Gasteiger partial charge in [0.1, 0.15) is 12.2 Å². The molecule has 4 N–H and O–H groups in total. The van der Waals surface area contributed by atoms with E-state index in [1.807, 2.05) is 19.9 Å². The van der Waals surface area contributed by atoms with Gasteiger partial charge in [0.15, 0.2) is 0 Å². The monoisotopic (exact) mass is 432 g/mol. The maximum Gasteiger partial charge on any atom is 0.110 e. The highest BCUT2D eigenvalue weighted by molar-refractivity contribution is 5.40.